The summed E-state index contributed by atoms with van der Waals surface area (Å²) in [4.78, 5) is 32.2. The minimum atomic E-state index is -0.604. The number of ether oxygens (including phenoxy) is 1. The molecule has 2 aromatic carbocycles. The standard InChI is InChI=1S/C26H24FN5O3S/c27-18-13-17(35-16-6-2-1-3-7-16)8-9-19(18)32-20-10-12-29-25-21(20)22(31-26(32)34)23(36-25)24(33)30-15-5-4-11-28-14-15/h1-3,6-10,12-13,15,22-23,28H,4-5,11,14H2,(H,30,33)(H,31,34)/t15?,22?,23-/m1/s1. The SMILES string of the molecule is O=C(NC1CCCNC1)[C@@H]1Sc2nccc3c2C1NC(=O)N3c1ccc(Oc2ccccc2)cc1F. The molecular weight excluding hydrogens is 481 g/mol. The van der Waals surface area contributed by atoms with Crippen molar-refractivity contribution in [2.45, 2.75) is 35.2 Å². The normalized spacial score (nSPS) is 22.5. The van der Waals surface area contributed by atoms with Crippen molar-refractivity contribution in [1.82, 2.24) is 20.9 Å². The van der Waals surface area contributed by atoms with Crippen molar-refractivity contribution in [2.75, 3.05) is 18.0 Å². The van der Waals surface area contributed by atoms with Gasteiger partial charge >= 0.3 is 6.03 Å². The first kappa shape index (κ1) is 22.8. The van der Waals surface area contributed by atoms with E-state index in [-0.39, 0.29) is 17.6 Å². The van der Waals surface area contributed by atoms with Crippen molar-refractivity contribution in [3.8, 4) is 11.5 Å². The molecule has 3 aromatic rings. The van der Waals surface area contributed by atoms with Crippen molar-refractivity contribution >= 4 is 35.1 Å². The Morgan fingerprint density at radius 1 is 1.14 bits per heavy atom. The predicted molar refractivity (Wildman–Crippen MR) is 134 cm³/mol. The van der Waals surface area contributed by atoms with Gasteiger partial charge in [-0.3, -0.25) is 9.69 Å². The van der Waals surface area contributed by atoms with Crippen LogP contribution in [0.3, 0.4) is 0 Å². The summed E-state index contributed by atoms with van der Waals surface area (Å²) < 4.78 is 21.0. The number of hydrogen-bond acceptors (Lipinski definition) is 6. The maximum absolute atomic E-state index is 15.3. The lowest BCUT2D eigenvalue weighted by Crippen LogP contribution is -2.52. The molecule has 0 bridgehead atoms. The maximum atomic E-state index is 15.3. The van der Waals surface area contributed by atoms with Crippen LogP contribution < -0.4 is 25.6 Å². The Balaban J connectivity index is 1.27. The Morgan fingerprint density at radius 3 is 2.78 bits per heavy atom. The van der Waals surface area contributed by atoms with Crippen molar-refractivity contribution < 1.29 is 18.7 Å². The van der Waals surface area contributed by atoms with E-state index < -0.39 is 23.1 Å². The predicted octanol–water partition coefficient (Wildman–Crippen LogP) is 4.26. The Kier molecular flexibility index (Phi) is 5.98. The number of benzene rings is 2. The second-order valence-corrected chi connectivity index (χ2v) is 10.1. The second-order valence-electron chi connectivity index (χ2n) is 8.93. The van der Waals surface area contributed by atoms with Crippen LogP contribution in [0.4, 0.5) is 20.6 Å². The first-order valence-electron chi connectivity index (χ1n) is 11.9. The highest BCUT2D eigenvalue weighted by Gasteiger charge is 2.47. The maximum Gasteiger partial charge on any atom is 0.327 e. The lowest BCUT2D eigenvalue weighted by molar-refractivity contribution is -0.121. The molecule has 3 amide bonds. The third-order valence-electron chi connectivity index (χ3n) is 6.55. The van der Waals surface area contributed by atoms with E-state index in [4.69, 9.17) is 4.74 Å². The summed E-state index contributed by atoms with van der Waals surface area (Å²) in [6.07, 6.45) is 3.51. The molecule has 3 N–H and O–H groups in total. The van der Waals surface area contributed by atoms with E-state index in [1.54, 1.807) is 30.5 Å². The number of nitrogens with zero attached hydrogens (tertiary/aromatic N) is 2. The van der Waals surface area contributed by atoms with Crippen LogP contribution in [0.15, 0.2) is 65.8 Å². The van der Waals surface area contributed by atoms with Crippen molar-refractivity contribution in [2.24, 2.45) is 0 Å². The number of halogens is 1. The van der Waals surface area contributed by atoms with Gasteiger partial charge in [-0.15, -0.1) is 0 Å². The highest BCUT2D eigenvalue weighted by atomic mass is 32.2. The number of rotatable bonds is 5. The van der Waals surface area contributed by atoms with Crippen LogP contribution in [0.2, 0.25) is 0 Å². The molecule has 10 heteroatoms. The van der Waals surface area contributed by atoms with Gasteiger partial charge < -0.3 is 20.7 Å². The van der Waals surface area contributed by atoms with Crippen molar-refractivity contribution in [1.29, 1.82) is 0 Å². The molecule has 3 aliphatic rings. The third kappa shape index (κ3) is 4.16. The summed E-state index contributed by atoms with van der Waals surface area (Å²) >= 11 is 1.33. The van der Waals surface area contributed by atoms with Crippen LogP contribution in [-0.4, -0.2) is 41.3 Å². The number of pyridine rings is 1. The molecule has 184 valence electrons. The summed E-state index contributed by atoms with van der Waals surface area (Å²) in [5.74, 6) is 0.167. The summed E-state index contributed by atoms with van der Waals surface area (Å²) in [5.41, 5.74) is 1.34. The molecule has 1 aromatic heterocycles. The van der Waals surface area contributed by atoms with E-state index in [1.807, 2.05) is 18.2 Å². The van der Waals surface area contributed by atoms with E-state index in [9.17, 15) is 9.59 Å². The van der Waals surface area contributed by atoms with Crippen LogP contribution in [0, 0.1) is 5.82 Å². The van der Waals surface area contributed by atoms with Gasteiger partial charge in [0, 0.05) is 30.4 Å². The van der Waals surface area contributed by atoms with Crippen LogP contribution in [0.25, 0.3) is 0 Å². The largest absolute Gasteiger partial charge is 0.457 e. The van der Waals surface area contributed by atoms with Gasteiger partial charge in [-0.2, -0.15) is 0 Å². The minimum absolute atomic E-state index is 0.0597. The average Bonchev–Trinajstić information content (AvgIpc) is 3.26. The monoisotopic (exact) mass is 505 g/mol. The number of para-hydroxylation sites is 1. The second kappa shape index (κ2) is 9.44. The van der Waals surface area contributed by atoms with Gasteiger partial charge in [0.15, 0.2) is 5.82 Å². The number of carbonyl (C=O) groups excluding carboxylic acids is 2. The van der Waals surface area contributed by atoms with Gasteiger partial charge in [0.1, 0.15) is 21.8 Å². The third-order valence-corrected chi connectivity index (χ3v) is 7.84. The van der Waals surface area contributed by atoms with Gasteiger partial charge in [0.25, 0.3) is 0 Å². The van der Waals surface area contributed by atoms with E-state index in [0.717, 1.165) is 31.5 Å². The Bertz CT molecular complexity index is 1320. The summed E-state index contributed by atoms with van der Waals surface area (Å²) in [7, 11) is 0. The summed E-state index contributed by atoms with van der Waals surface area (Å²) in [5, 5.41) is 9.44. The van der Waals surface area contributed by atoms with Gasteiger partial charge in [0.05, 0.1) is 17.4 Å². The van der Waals surface area contributed by atoms with Gasteiger partial charge in [0.2, 0.25) is 5.91 Å². The molecule has 4 heterocycles. The highest BCUT2D eigenvalue weighted by molar-refractivity contribution is 8.01. The summed E-state index contributed by atoms with van der Waals surface area (Å²) in [6, 6.07) is 14.2. The Morgan fingerprint density at radius 2 is 2.00 bits per heavy atom. The van der Waals surface area contributed by atoms with E-state index in [0.29, 0.717) is 22.2 Å². The lowest BCUT2D eigenvalue weighted by Gasteiger charge is -2.34. The number of thioether (sulfide) groups is 1. The number of nitrogens with one attached hydrogen (secondary N) is 3. The van der Waals surface area contributed by atoms with Crippen LogP contribution in [0.5, 0.6) is 11.5 Å². The van der Waals surface area contributed by atoms with Crippen molar-refractivity contribution in [3.05, 3.63) is 72.2 Å². The highest BCUT2D eigenvalue weighted by Crippen LogP contribution is 2.51. The molecule has 6 rings (SSSR count). The molecule has 3 aliphatic heterocycles. The molecule has 1 fully saturated rings. The molecule has 8 nitrogen and oxygen atoms in total. The van der Waals surface area contributed by atoms with Crippen molar-refractivity contribution in [3.63, 3.8) is 0 Å². The molecule has 0 radical (unpaired) electrons. The minimum Gasteiger partial charge on any atom is -0.457 e. The molecular formula is C26H24FN5O3S. The Hall–Kier alpha value is -3.63. The smallest absolute Gasteiger partial charge is 0.327 e. The average molecular weight is 506 g/mol. The van der Waals surface area contributed by atoms with Crippen LogP contribution in [0.1, 0.15) is 24.4 Å². The number of amides is 3. The number of carbonyl (C=O) groups is 2. The molecule has 0 saturated carbocycles. The number of aromatic nitrogens is 1. The molecule has 1 saturated heterocycles. The lowest BCUT2D eigenvalue weighted by atomic mass is 9.99. The van der Waals surface area contributed by atoms with Gasteiger partial charge in [-0.1, -0.05) is 30.0 Å². The van der Waals surface area contributed by atoms with Gasteiger partial charge in [-0.25, -0.2) is 14.2 Å². The number of piperidine rings is 1. The fraction of sp³-hybridized carbons (Fsp3) is 0.269. The quantitative estimate of drug-likeness (QED) is 0.480. The molecule has 3 atom stereocenters. The molecule has 0 aliphatic carbocycles. The first-order chi connectivity index (χ1) is 17.6. The number of hydrogen-bond donors (Lipinski definition) is 3. The molecule has 36 heavy (non-hydrogen) atoms. The molecule has 0 spiro atoms. The number of urea groups is 1. The number of anilines is 2. The zero-order valence-electron chi connectivity index (χ0n) is 19.2. The fourth-order valence-corrected chi connectivity index (χ4v) is 6.12. The Labute approximate surface area is 211 Å². The topological polar surface area (TPSA) is 95.6 Å². The molecule has 2 unspecified atom stereocenters. The van der Waals surface area contributed by atoms with Crippen LogP contribution in [-0.2, 0) is 4.79 Å². The van der Waals surface area contributed by atoms with E-state index >= 15 is 4.39 Å². The first-order valence-corrected chi connectivity index (χ1v) is 12.8. The fourth-order valence-electron chi connectivity index (χ4n) is 4.88. The van der Waals surface area contributed by atoms with E-state index in [2.05, 4.69) is 20.9 Å². The zero-order valence-corrected chi connectivity index (χ0v) is 20.1. The summed E-state index contributed by atoms with van der Waals surface area (Å²) in [6.45, 7) is 1.68. The van der Waals surface area contributed by atoms with E-state index in [1.165, 1.54) is 28.8 Å². The zero-order chi connectivity index (χ0) is 24.6. The van der Waals surface area contributed by atoms with Gasteiger partial charge in [-0.05, 0) is 49.7 Å². The van der Waals surface area contributed by atoms with Crippen LogP contribution >= 0.6 is 11.8 Å².